The summed E-state index contributed by atoms with van der Waals surface area (Å²) in [6.45, 7) is 5.98. The summed E-state index contributed by atoms with van der Waals surface area (Å²) in [6.07, 6.45) is 3.85. The summed E-state index contributed by atoms with van der Waals surface area (Å²) in [7, 11) is 0. The van der Waals surface area contributed by atoms with Crippen LogP contribution in [0.25, 0.3) is 0 Å². The van der Waals surface area contributed by atoms with Gasteiger partial charge in [-0.1, -0.05) is 30.3 Å². The Bertz CT molecular complexity index is 450. The molecule has 0 saturated heterocycles. The van der Waals surface area contributed by atoms with Gasteiger partial charge in [-0.15, -0.1) is 0 Å². The summed E-state index contributed by atoms with van der Waals surface area (Å²) < 4.78 is 0.792. The number of benzene rings is 1. The summed E-state index contributed by atoms with van der Waals surface area (Å²) in [6, 6.07) is 10.4. The molecule has 1 aromatic rings. The molecule has 0 spiro atoms. The Morgan fingerprint density at radius 2 is 1.86 bits per heavy atom. The standard InChI is InChI=1S/C12H17N2O.C3H6N2.2ClH/c15-9-8-14(7-6-13-11-14)10-12-4-2-1-3-5-12;1-2-5-3-4-1;;/h1-5,11,15H,6-10H2;3H,1-2H2,(H,4,5);2*1H/q+1;;;/p-1. The third-order valence-corrected chi connectivity index (χ3v) is 3.52. The molecule has 0 radical (unpaired) electrons. The molecule has 1 unspecified atom stereocenters. The number of aliphatic imine (C=N–C) groups is 2. The van der Waals surface area contributed by atoms with Crippen molar-refractivity contribution in [3.8, 4) is 0 Å². The largest absolute Gasteiger partial charge is 1.00 e. The Balaban J connectivity index is 0.000000542. The number of halogens is 2. The van der Waals surface area contributed by atoms with Gasteiger partial charge in [-0.2, -0.15) is 0 Å². The van der Waals surface area contributed by atoms with Crippen LogP contribution in [0.15, 0.2) is 40.3 Å². The van der Waals surface area contributed by atoms with Crippen molar-refractivity contribution in [2.45, 2.75) is 6.54 Å². The minimum atomic E-state index is 0. The molecule has 0 amide bonds. The van der Waals surface area contributed by atoms with E-state index in [4.69, 9.17) is 5.11 Å². The maximum atomic E-state index is 9.09. The highest BCUT2D eigenvalue weighted by atomic mass is 35.5. The summed E-state index contributed by atoms with van der Waals surface area (Å²) in [5, 5.41) is 11.2. The molecular formula is C15H24Cl2N4O. The molecule has 0 aromatic heterocycles. The second-order valence-corrected chi connectivity index (χ2v) is 5.13. The highest BCUT2D eigenvalue weighted by molar-refractivity contribution is 5.48. The van der Waals surface area contributed by atoms with Crippen LogP contribution in [0, 0.1) is 0 Å². The summed E-state index contributed by atoms with van der Waals surface area (Å²) in [5.74, 6) is 0. The number of nitrogens with zero attached hydrogens (tertiary/aromatic N) is 3. The summed E-state index contributed by atoms with van der Waals surface area (Å²) >= 11 is 0. The first-order chi connectivity index (χ1) is 9.85. The average Bonchev–Trinajstić information content (AvgIpc) is 3.15. The van der Waals surface area contributed by atoms with Gasteiger partial charge in [0.1, 0.15) is 26.2 Å². The molecule has 5 nitrogen and oxygen atoms in total. The number of quaternary nitrogens is 2. The van der Waals surface area contributed by atoms with Crippen LogP contribution in [0.1, 0.15) is 5.56 Å². The van der Waals surface area contributed by atoms with E-state index in [-0.39, 0.29) is 31.4 Å². The van der Waals surface area contributed by atoms with Gasteiger partial charge in [-0.3, -0.25) is 4.48 Å². The average molecular weight is 347 g/mol. The fraction of sp³-hybridized carbons (Fsp3) is 0.467. The minimum Gasteiger partial charge on any atom is -1.00 e. The summed E-state index contributed by atoms with van der Waals surface area (Å²) in [4.78, 5) is 8.19. The quantitative estimate of drug-likeness (QED) is 0.523. The Morgan fingerprint density at radius 1 is 1.09 bits per heavy atom. The maximum absolute atomic E-state index is 9.09. The number of aliphatic hydroxyl groups is 1. The summed E-state index contributed by atoms with van der Waals surface area (Å²) in [5.41, 5.74) is 1.30. The van der Waals surface area contributed by atoms with E-state index in [0.717, 1.165) is 43.8 Å². The second-order valence-electron chi connectivity index (χ2n) is 5.13. The Hall–Kier alpha value is -0.980. The number of rotatable bonds is 4. The van der Waals surface area contributed by atoms with Crippen LogP contribution >= 0.6 is 0 Å². The topological polar surface area (TPSA) is 61.6 Å². The van der Waals surface area contributed by atoms with E-state index in [0.29, 0.717) is 0 Å². The number of hydrogen-bond donors (Lipinski definition) is 2. The molecule has 1 atom stereocenters. The molecule has 2 aliphatic rings. The van der Waals surface area contributed by atoms with Crippen LogP contribution in [-0.2, 0) is 6.54 Å². The fourth-order valence-corrected chi connectivity index (χ4v) is 2.43. The van der Waals surface area contributed by atoms with E-state index in [1.54, 1.807) is 0 Å². The first-order valence-corrected chi connectivity index (χ1v) is 7.18. The molecule has 3 N–H and O–H groups in total. The lowest BCUT2D eigenvalue weighted by Crippen LogP contribution is -3.00. The molecule has 0 fully saturated rings. The van der Waals surface area contributed by atoms with Gasteiger partial charge in [0.05, 0.1) is 19.7 Å². The Morgan fingerprint density at radius 3 is 2.32 bits per heavy atom. The lowest BCUT2D eigenvalue weighted by atomic mass is 10.2. The molecule has 2 aliphatic heterocycles. The van der Waals surface area contributed by atoms with Crippen LogP contribution in [0.3, 0.4) is 0 Å². The van der Waals surface area contributed by atoms with Crippen molar-refractivity contribution in [1.29, 1.82) is 0 Å². The van der Waals surface area contributed by atoms with Crippen molar-refractivity contribution in [3.05, 3.63) is 35.9 Å². The van der Waals surface area contributed by atoms with Crippen LogP contribution in [0.5, 0.6) is 0 Å². The number of nitrogens with two attached hydrogens (primary N) is 1. The third-order valence-electron chi connectivity index (χ3n) is 3.52. The first-order valence-electron chi connectivity index (χ1n) is 7.18. The number of aliphatic hydroxyl groups excluding tert-OH is 1. The van der Waals surface area contributed by atoms with Crippen LogP contribution in [0.2, 0.25) is 0 Å². The second kappa shape index (κ2) is 11.6. The molecule has 3 rings (SSSR count). The van der Waals surface area contributed by atoms with E-state index >= 15 is 0 Å². The molecular weight excluding hydrogens is 323 g/mol. The SMILES string of the molecule is C1=NCC[NH2+]1.OCC[N+]1(Cc2ccccc2)C=NCC1.[Cl-].[Cl-]. The van der Waals surface area contributed by atoms with Crippen molar-refractivity contribution in [1.82, 2.24) is 0 Å². The smallest absolute Gasteiger partial charge is 0.185 e. The van der Waals surface area contributed by atoms with Crippen molar-refractivity contribution < 1.29 is 39.7 Å². The van der Waals surface area contributed by atoms with E-state index in [1.807, 2.05) is 18.7 Å². The van der Waals surface area contributed by atoms with Gasteiger partial charge in [0.15, 0.2) is 12.7 Å². The van der Waals surface area contributed by atoms with Gasteiger partial charge >= 0.3 is 0 Å². The maximum Gasteiger partial charge on any atom is 0.185 e. The van der Waals surface area contributed by atoms with E-state index < -0.39 is 0 Å². The van der Waals surface area contributed by atoms with Crippen LogP contribution < -0.4 is 30.1 Å². The molecule has 0 saturated carbocycles. The van der Waals surface area contributed by atoms with Gasteiger partial charge in [0.25, 0.3) is 0 Å². The zero-order valence-electron chi connectivity index (χ0n) is 12.6. The zero-order valence-corrected chi connectivity index (χ0v) is 14.1. The highest BCUT2D eigenvalue weighted by Crippen LogP contribution is 2.15. The Kier molecular flexibility index (Phi) is 11.1. The minimum absolute atomic E-state index is 0. The number of hydrogen-bond acceptors (Lipinski definition) is 3. The van der Waals surface area contributed by atoms with Gasteiger partial charge in [0, 0.05) is 5.56 Å². The van der Waals surface area contributed by atoms with Crippen molar-refractivity contribution in [3.63, 3.8) is 0 Å². The molecule has 1 aromatic carbocycles. The normalized spacial score (nSPS) is 21.5. The van der Waals surface area contributed by atoms with Crippen LogP contribution in [-0.4, -0.2) is 61.6 Å². The molecule has 7 heteroatoms. The van der Waals surface area contributed by atoms with Crippen molar-refractivity contribution >= 4 is 12.7 Å². The molecule has 2 heterocycles. The third kappa shape index (κ3) is 6.85. The molecule has 22 heavy (non-hydrogen) atoms. The monoisotopic (exact) mass is 346 g/mol. The van der Waals surface area contributed by atoms with Crippen LogP contribution in [0.4, 0.5) is 0 Å². The lowest BCUT2D eigenvalue weighted by Gasteiger charge is -2.29. The van der Waals surface area contributed by atoms with Gasteiger partial charge in [-0.05, 0) is 0 Å². The van der Waals surface area contributed by atoms with E-state index in [2.05, 4.69) is 39.6 Å². The molecule has 0 bridgehead atoms. The Labute approximate surface area is 144 Å². The molecule has 0 aliphatic carbocycles. The predicted molar refractivity (Wildman–Crippen MR) is 80.7 cm³/mol. The predicted octanol–water partition coefficient (Wildman–Crippen LogP) is -6.36. The van der Waals surface area contributed by atoms with Crippen molar-refractivity contribution in [2.24, 2.45) is 9.98 Å². The van der Waals surface area contributed by atoms with E-state index in [9.17, 15) is 0 Å². The van der Waals surface area contributed by atoms with Crippen molar-refractivity contribution in [2.75, 3.05) is 39.3 Å². The highest BCUT2D eigenvalue weighted by Gasteiger charge is 2.28. The van der Waals surface area contributed by atoms with Gasteiger partial charge < -0.3 is 35.2 Å². The zero-order chi connectivity index (χ0) is 14.1. The first kappa shape index (κ1) is 21.0. The van der Waals surface area contributed by atoms with Gasteiger partial charge in [-0.25, -0.2) is 9.98 Å². The molecule has 124 valence electrons. The lowest BCUT2D eigenvalue weighted by molar-refractivity contribution is -0.843. The van der Waals surface area contributed by atoms with Gasteiger partial charge in [0.2, 0.25) is 0 Å². The fourth-order valence-electron chi connectivity index (χ4n) is 2.43. The van der Waals surface area contributed by atoms with E-state index in [1.165, 1.54) is 5.56 Å².